The molecule has 2 fully saturated rings. The van der Waals surface area contributed by atoms with Crippen LogP contribution in [0.15, 0.2) is 6.07 Å². The van der Waals surface area contributed by atoms with Gasteiger partial charge in [-0.1, -0.05) is 27.7 Å². The van der Waals surface area contributed by atoms with Gasteiger partial charge in [0.05, 0.1) is 16.5 Å². The van der Waals surface area contributed by atoms with Crippen LogP contribution in [0.3, 0.4) is 0 Å². The summed E-state index contributed by atoms with van der Waals surface area (Å²) in [7, 11) is 0. The number of benzene rings is 1. The Morgan fingerprint density at radius 2 is 2.00 bits per heavy atom. The molecule has 4 aliphatic rings. The summed E-state index contributed by atoms with van der Waals surface area (Å²) in [5, 5.41) is 2.72. The van der Waals surface area contributed by atoms with E-state index < -0.39 is 11.5 Å². The smallest absolute Gasteiger partial charge is 0.252 e. The van der Waals surface area contributed by atoms with Gasteiger partial charge in [-0.25, -0.2) is 0 Å². The van der Waals surface area contributed by atoms with Crippen molar-refractivity contribution in [1.82, 2.24) is 5.32 Å². The van der Waals surface area contributed by atoms with Gasteiger partial charge in [0.15, 0.2) is 0 Å². The van der Waals surface area contributed by atoms with Crippen LogP contribution in [0.25, 0.3) is 0 Å². The molecule has 2 amide bonds. The molecule has 7 heteroatoms. The summed E-state index contributed by atoms with van der Waals surface area (Å²) < 4.78 is 7.10. The summed E-state index contributed by atoms with van der Waals surface area (Å²) in [6.07, 6.45) is 3.58. The third kappa shape index (κ3) is 2.49. The number of carbonyl (C=O) groups is 2. The Labute approximate surface area is 188 Å². The van der Waals surface area contributed by atoms with Crippen molar-refractivity contribution in [2.24, 2.45) is 34.1 Å². The minimum absolute atomic E-state index is 0.128. The topological polar surface area (TPSA) is 107 Å². The molecular weight excluding hydrogens is 414 g/mol. The SMILES string of the molecule is C[C@H]1CC[C@H]2C(C)(C)[C@@H](Cl)[C@H](N)C[C@]23Oc2c(cc(C(N)=O)c4c2CNC4=O)C[C@]13C. The summed E-state index contributed by atoms with van der Waals surface area (Å²) in [6.45, 7) is 9.39. The number of hydrogen-bond donors (Lipinski definition) is 3. The predicted molar refractivity (Wildman–Crippen MR) is 119 cm³/mol. The molecule has 5 rings (SSSR count). The standard InChI is InChI=1S/C24H32ClN3O3/c1-11-5-6-16-22(2,3)19(25)15(26)9-24(16)23(11,4)8-12-7-13(20(27)29)17-14(18(12)31-24)10-28-21(17)30/h7,11,15-16,19H,5-6,8-10,26H2,1-4H3,(H2,27,29)(H,28,30)/t11-,15+,16-,19-,23+,24-/m0/s1. The zero-order chi connectivity index (χ0) is 22.5. The van der Waals surface area contributed by atoms with E-state index >= 15 is 0 Å². The second-order valence-electron chi connectivity index (χ2n) is 11.0. The lowest BCUT2D eigenvalue weighted by atomic mass is 9.43. The quantitative estimate of drug-likeness (QED) is 0.577. The second-order valence-corrected chi connectivity index (χ2v) is 11.5. The molecule has 31 heavy (non-hydrogen) atoms. The highest BCUT2D eigenvalue weighted by Gasteiger charge is 2.69. The van der Waals surface area contributed by atoms with Crippen molar-refractivity contribution in [3.63, 3.8) is 0 Å². The van der Waals surface area contributed by atoms with Gasteiger partial charge < -0.3 is 21.5 Å². The molecule has 2 saturated carbocycles. The van der Waals surface area contributed by atoms with Crippen LogP contribution >= 0.6 is 11.6 Å². The zero-order valence-corrected chi connectivity index (χ0v) is 19.4. The van der Waals surface area contributed by atoms with Crippen molar-refractivity contribution in [2.45, 2.75) is 76.9 Å². The Bertz CT molecular complexity index is 1010. The number of halogens is 1. The average molecular weight is 446 g/mol. The molecule has 0 aromatic heterocycles. The maximum absolute atomic E-state index is 12.5. The fourth-order valence-corrected chi connectivity index (χ4v) is 7.62. The van der Waals surface area contributed by atoms with E-state index in [1.54, 1.807) is 6.07 Å². The molecule has 6 nitrogen and oxygen atoms in total. The van der Waals surface area contributed by atoms with E-state index in [4.69, 9.17) is 27.8 Å². The number of nitrogens with one attached hydrogen (secondary N) is 1. The van der Waals surface area contributed by atoms with E-state index in [9.17, 15) is 9.59 Å². The number of fused-ring (bicyclic) bond motifs is 3. The van der Waals surface area contributed by atoms with Crippen molar-refractivity contribution >= 4 is 23.4 Å². The lowest BCUT2D eigenvalue weighted by Crippen LogP contribution is -2.73. The summed E-state index contributed by atoms with van der Waals surface area (Å²) >= 11 is 6.87. The van der Waals surface area contributed by atoms with E-state index in [0.29, 0.717) is 24.4 Å². The van der Waals surface area contributed by atoms with Gasteiger partial charge in [0.2, 0.25) is 5.91 Å². The lowest BCUT2D eigenvalue weighted by Gasteiger charge is -2.68. The van der Waals surface area contributed by atoms with Gasteiger partial charge in [0.1, 0.15) is 11.4 Å². The molecule has 2 heterocycles. The largest absolute Gasteiger partial charge is 0.486 e. The number of carbonyl (C=O) groups excluding carboxylic acids is 2. The molecule has 0 saturated heterocycles. The van der Waals surface area contributed by atoms with Gasteiger partial charge in [0.25, 0.3) is 5.91 Å². The van der Waals surface area contributed by atoms with Crippen LogP contribution in [0.4, 0.5) is 0 Å². The van der Waals surface area contributed by atoms with Crippen LogP contribution < -0.4 is 21.5 Å². The first kappa shape index (κ1) is 21.1. The third-order valence-corrected chi connectivity index (χ3v) is 10.1. The van der Waals surface area contributed by atoms with Crippen LogP contribution in [0.5, 0.6) is 5.75 Å². The monoisotopic (exact) mass is 445 g/mol. The number of amides is 2. The average Bonchev–Trinajstić information content (AvgIpc) is 3.07. The first-order valence-corrected chi connectivity index (χ1v) is 11.7. The Hall–Kier alpha value is -1.79. The summed E-state index contributed by atoms with van der Waals surface area (Å²) in [6, 6.07) is 1.60. The molecule has 5 N–H and O–H groups in total. The van der Waals surface area contributed by atoms with Crippen molar-refractivity contribution in [3.05, 3.63) is 28.3 Å². The minimum Gasteiger partial charge on any atom is -0.486 e. The molecule has 1 spiro atoms. The highest BCUT2D eigenvalue weighted by Crippen LogP contribution is 2.66. The molecular formula is C24H32ClN3O3. The fourth-order valence-electron chi connectivity index (χ4n) is 7.38. The number of primary amides is 1. The highest BCUT2D eigenvalue weighted by molar-refractivity contribution is 6.21. The summed E-state index contributed by atoms with van der Waals surface area (Å²) in [4.78, 5) is 24.7. The lowest BCUT2D eigenvalue weighted by molar-refractivity contribution is -0.212. The van der Waals surface area contributed by atoms with Crippen molar-refractivity contribution < 1.29 is 14.3 Å². The maximum atomic E-state index is 12.5. The van der Waals surface area contributed by atoms with Crippen molar-refractivity contribution in [3.8, 4) is 5.75 Å². The predicted octanol–water partition coefficient (Wildman–Crippen LogP) is 3.12. The summed E-state index contributed by atoms with van der Waals surface area (Å²) in [5.41, 5.74) is 13.8. The van der Waals surface area contributed by atoms with Crippen LogP contribution in [-0.2, 0) is 13.0 Å². The second kappa shape index (κ2) is 6.38. The molecule has 1 aromatic rings. The maximum Gasteiger partial charge on any atom is 0.252 e. The Morgan fingerprint density at radius 3 is 2.68 bits per heavy atom. The number of alkyl halides is 1. The van der Waals surface area contributed by atoms with Crippen LogP contribution in [0.2, 0.25) is 0 Å². The van der Waals surface area contributed by atoms with Gasteiger partial charge in [-0.2, -0.15) is 0 Å². The van der Waals surface area contributed by atoms with E-state index in [-0.39, 0.29) is 39.6 Å². The molecule has 2 aliphatic carbocycles. The molecule has 1 aromatic carbocycles. The highest BCUT2D eigenvalue weighted by atomic mass is 35.5. The number of rotatable bonds is 1. The molecule has 2 aliphatic heterocycles. The Balaban J connectivity index is 1.75. The number of nitrogens with two attached hydrogens (primary N) is 2. The van der Waals surface area contributed by atoms with Crippen LogP contribution in [0.1, 0.15) is 78.8 Å². The van der Waals surface area contributed by atoms with E-state index in [2.05, 4.69) is 33.0 Å². The molecule has 168 valence electrons. The van der Waals surface area contributed by atoms with Crippen LogP contribution in [0, 0.1) is 22.7 Å². The van der Waals surface area contributed by atoms with Crippen LogP contribution in [-0.4, -0.2) is 28.8 Å². The van der Waals surface area contributed by atoms with Gasteiger partial charge >= 0.3 is 0 Å². The third-order valence-electron chi connectivity index (χ3n) is 9.24. The first-order chi connectivity index (χ1) is 14.4. The van der Waals surface area contributed by atoms with E-state index in [1.807, 2.05) is 0 Å². The van der Waals surface area contributed by atoms with Gasteiger partial charge in [0, 0.05) is 35.9 Å². The summed E-state index contributed by atoms with van der Waals surface area (Å²) in [5.74, 6) is 0.550. The Kier molecular flexibility index (Phi) is 4.34. The van der Waals surface area contributed by atoms with Crippen molar-refractivity contribution in [2.75, 3.05) is 0 Å². The Morgan fingerprint density at radius 1 is 1.29 bits per heavy atom. The van der Waals surface area contributed by atoms with E-state index in [0.717, 1.165) is 36.1 Å². The molecule has 0 unspecified atom stereocenters. The minimum atomic E-state index is -0.582. The van der Waals surface area contributed by atoms with Gasteiger partial charge in [-0.05, 0) is 42.2 Å². The normalized spacial score (nSPS) is 40.0. The molecule has 0 bridgehead atoms. The zero-order valence-electron chi connectivity index (χ0n) is 18.7. The van der Waals surface area contributed by atoms with E-state index in [1.165, 1.54) is 0 Å². The number of ether oxygens (including phenoxy) is 1. The van der Waals surface area contributed by atoms with Crippen molar-refractivity contribution in [1.29, 1.82) is 0 Å². The van der Waals surface area contributed by atoms with Gasteiger partial charge in [-0.15, -0.1) is 11.6 Å². The fraction of sp³-hybridized carbons (Fsp3) is 0.667. The van der Waals surface area contributed by atoms with Gasteiger partial charge in [-0.3, -0.25) is 9.59 Å². The molecule has 0 radical (unpaired) electrons. The first-order valence-electron chi connectivity index (χ1n) is 11.3. The number of hydrogen-bond acceptors (Lipinski definition) is 4. The molecule has 6 atom stereocenters.